The molecule has 1 amide bonds. The van der Waals surface area contributed by atoms with E-state index in [9.17, 15) is 9.18 Å². The molecule has 0 bridgehead atoms. The Kier molecular flexibility index (Phi) is 4.72. The van der Waals surface area contributed by atoms with Crippen LogP contribution in [0.3, 0.4) is 0 Å². The van der Waals surface area contributed by atoms with Gasteiger partial charge in [-0.15, -0.1) is 10.2 Å². The van der Waals surface area contributed by atoms with Gasteiger partial charge in [0, 0.05) is 11.9 Å². The molecule has 136 valence electrons. The Morgan fingerprint density at radius 2 is 1.93 bits per heavy atom. The average molecular weight is 381 g/mol. The molecule has 2 heterocycles. The quantitative estimate of drug-likeness (QED) is 0.531. The van der Waals surface area contributed by atoms with E-state index in [0.717, 1.165) is 28.6 Å². The van der Waals surface area contributed by atoms with Crippen LogP contribution in [-0.2, 0) is 11.3 Å². The minimum atomic E-state index is -0.470. The molecule has 1 N–H and O–H groups in total. The van der Waals surface area contributed by atoms with E-state index in [4.69, 9.17) is 0 Å². The summed E-state index contributed by atoms with van der Waals surface area (Å²) in [6.45, 7) is 2.79. The van der Waals surface area contributed by atoms with Crippen molar-refractivity contribution in [2.75, 3.05) is 11.1 Å². The van der Waals surface area contributed by atoms with Crippen LogP contribution in [0.5, 0.6) is 0 Å². The number of halogens is 1. The summed E-state index contributed by atoms with van der Waals surface area (Å²) in [6.07, 6.45) is 0. The molecule has 2 aromatic heterocycles. The maximum atomic E-state index is 13.6. The summed E-state index contributed by atoms with van der Waals surface area (Å²) < 4.78 is 15.7. The van der Waals surface area contributed by atoms with Crippen LogP contribution >= 0.6 is 11.8 Å². The van der Waals surface area contributed by atoms with Crippen molar-refractivity contribution < 1.29 is 9.18 Å². The van der Waals surface area contributed by atoms with Crippen LogP contribution in [-0.4, -0.2) is 31.4 Å². The van der Waals surface area contributed by atoms with Crippen molar-refractivity contribution in [3.8, 4) is 0 Å². The van der Waals surface area contributed by atoms with E-state index in [1.165, 1.54) is 23.9 Å². The molecular weight excluding hydrogens is 365 g/mol. The molecule has 0 atom stereocenters. The normalized spacial score (nSPS) is 11.2. The number of carbonyl (C=O) groups excluding carboxylic acids is 1. The van der Waals surface area contributed by atoms with Gasteiger partial charge in [-0.3, -0.25) is 4.79 Å². The van der Waals surface area contributed by atoms with E-state index in [1.807, 2.05) is 31.2 Å². The Bertz CT molecular complexity index is 1140. The van der Waals surface area contributed by atoms with Crippen molar-refractivity contribution in [1.82, 2.24) is 19.7 Å². The molecule has 8 heteroatoms. The molecule has 0 radical (unpaired) electrons. The number of fused-ring (bicyclic) bond motifs is 3. The van der Waals surface area contributed by atoms with Gasteiger partial charge in [-0.1, -0.05) is 42.1 Å². The summed E-state index contributed by atoms with van der Waals surface area (Å²) in [7, 11) is 0. The van der Waals surface area contributed by atoms with E-state index in [1.54, 1.807) is 12.1 Å². The SMILES string of the molecule is CCn1c2ccccc2c2nnc(SCC(=O)Nc3ccccc3F)nc21. The third-order valence-electron chi connectivity index (χ3n) is 4.15. The number of hydrogen-bond donors (Lipinski definition) is 1. The number of amides is 1. The predicted molar refractivity (Wildman–Crippen MR) is 104 cm³/mol. The summed E-state index contributed by atoms with van der Waals surface area (Å²) in [5, 5.41) is 12.4. The van der Waals surface area contributed by atoms with Gasteiger partial charge < -0.3 is 9.88 Å². The van der Waals surface area contributed by atoms with Crippen LogP contribution < -0.4 is 5.32 Å². The molecule has 0 aliphatic heterocycles. The molecule has 0 aliphatic carbocycles. The Balaban J connectivity index is 1.55. The molecule has 27 heavy (non-hydrogen) atoms. The van der Waals surface area contributed by atoms with Gasteiger partial charge in [0.15, 0.2) is 5.65 Å². The molecule has 4 rings (SSSR count). The fourth-order valence-electron chi connectivity index (χ4n) is 2.95. The fourth-order valence-corrected chi connectivity index (χ4v) is 3.53. The highest BCUT2D eigenvalue weighted by Crippen LogP contribution is 2.27. The predicted octanol–water partition coefficient (Wildman–Crippen LogP) is 3.87. The number of hydrogen-bond acceptors (Lipinski definition) is 5. The van der Waals surface area contributed by atoms with Crippen molar-refractivity contribution in [1.29, 1.82) is 0 Å². The third-order valence-corrected chi connectivity index (χ3v) is 4.99. The van der Waals surface area contributed by atoms with Crippen molar-refractivity contribution in [3.05, 3.63) is 54.3 Å². The second-order valence-electron chi connectivity index (χ2n) is 5.84. The van der Waals surface area contributed by atoms with E-state index in [2.05, 4.69) is 25.1 Å². The second kappa shape index (κ2) is 7.32. The minimum Gasteiger partial charge on any atom is -0.324 e. The monoisotopic (exact) mass is 381 g/mol. The Morgan fingerprint density at radius 1 is 1.15 bits per heavy atom. The maximum Gasteiger partial charge on any atom is 0.234 e. The first-order chi connectivity index (χ1) is 13.2. The van der Waals surface area contributed by atoms with E-state index >= 15 is 0 Å². The topological polar surface area (TPSA) is 72.7 Å². The van der Waals surface area contributed by atoms with Crippen LogP contribution in [0.1, 0.15) is 6.92 Å². The van der Waals surface area contributed by atoms with E-state index in [0.29, 0.717) is 5.16 Å². The molecular formula is C19H16FN5OS. The Hall–Kier alpha value is -3.00. The summed E-state index contributed by atoms with van der Waals surface area (Å²) >= 11 is 1.17. The second-order valence-corrected chi connectivity index (χ2v) is 6.79. The fraction of sp³-hybridized carbons (Fsp3) is 0.158. The standard InChI is InChI=1S/C19H16FN5OS/c1-2-25-15-10-6-3-7-12(15)17-18(25)22-19(24-23-17)27-11-16(26)21-14-9-5-4-8-13(14)20/h3-10H,2,11H2,1H3,(H,21,26). The number of aryl methyl sites for hydroxylation is 1. The van der Waals surface area contributed by atoms with Gasteiger partial charge in [0.1, 0.15) is 11.3 Å². The third kappa shape index (κ3) is 3.35. The van der Waals surface area contributed by atoms with E-state index in [-0.39, 0.29) is 17.3 Å². The van der Waals surface area contributed by atoms with Crippen molar-refractivity contribution >= 4 is 45.4 Å². The number of nitrogens with one attached hydrogen (secondary N) is 1. The lowest BCUT2D eigenvalue weighted by Crippen LogP contribution is -2.15. The van der Waals surface area contributed by atoms with Crippen LogP contribution in [0.25, 0.3) is 22.1 Å². The Morgan fingerprint density at radius 3 is 2.74 bits per heavy atom. The van der Waals surface area contributed by atoms with Crippen molar-refractivity contribution in [2.24, 2.45) is 0 Å². The molecule has 2 aromatic carbocycles. The Labute approximate surface area is 158 Å². The first-order valence-corrected chi connectivity index (χ1v) is 9.44. The number of aromatic nitrogens is 4. The summed E-state index contributed by atoms with van der Waals surface area (Å²) in [4.78, 5) is 16.7. The lowest BCUT2D eigenvalue weighted by molar-refractivity contribution is -0.113. The zero-order valence-electron chi connectivity index (χ0n) is 14.5. The van der Waals surface area contributed by atoms with Gasteiger partial charge in [0.05, 0.1) is 17.0 Å². The largest absolute Gasteiger partial charge is 0.324 e. The zero-order chi connectivity index (χ0) is 18.8. The highest BCUT2D eigenvalue weighted by molar-refractivity contribution is 7.99. The lowest BCUT2D eigenvalue weighted by atomic mass is 10.2. The number of carbonyl (C=O) groups is 1. The van der Waals surface area contributed by atoms with Crippen LogP contribution in [0, 0.1) is 5.82 Å². The van der Waals surface area contributed by atoms with Gasteiger partial charge in [0.2, 0.25) is 11.1 Å². The van der Waals surface area contributed by atoms with Gasteiger partial charge >= 0.3 is 0 Å². The molecule has 6 nitrogen and oxygen atoms in total. The molecule has 0 fully saturated rings. The number of para-hydroxylation sites is 2. The van der Waals surface area contributed by atoms with Gasteiger partial charge in [-0.2, -0.15) is 0 Å². The van der Waals surface area contributed by atoms with Gasteiger partial charge in [-0.25, -0.2) is 9.37 Å². The van der Waals surface area contributed by atoms with E-state index < -0.39 is 5.82 Å². The first kappa shape index (κ1) is 17.4. The lowest BCUT2D eigenvalue weighted by Gasteiger charge is -2.05. The highest BCUT2D eigenvalue weighted by atomic mass is 32.2. The molecule has 4 aromatic rings. The molecule has 0 saturated heterocycles. The first-order valence-electron chi connectivity index (χ1n) is 8.46. The number of rotatable bonds is 5. The number of anilines is 1. The minimum absolute atomic E-state index is 0.0634. The molecule has 0 aliphatic rings. The van der Waals surface area contributed by atoms with Crippen molar-refractivity contribution in [3.63, 3.8) is 0 Å². The van der Waals surface area contributed by atoms with Gasteiger partial charge in [-0.05, 0) is 25.1 Å². The van der Waals surface area contributed by atoms with Gasteiger partial charge in [0.25, 0.3) is 0 Å². The molecule has 0 spiro atoms. The maximum absolute atomic E-state index is 13.6. The molecule has 0 unspecified atom stereocenters. The number of benzene rings is 2. The van der Waals surface area contributed by atoms with Crippen LogP contribution in [0.2, 0.25) is 0 Å². The number of thioether (sulfide) groups is 1. The molecule has 0 saturated carbocycles. The van der Waals surface area contributed by atoms with Crippen molar-refractivity contribution in [2.45, 2.75) is 18.6 Å². The number of nitrogens with zero attached hydrogens (tertiary/aromatic N) is 4. The highest BCUT2D eigenvalue weighted by Gasteiger charge is 2.14. The summed E-state index contributed by atoms with van der Waals surface area (Å²) in [5.74, 6) is -0.735. The zero-order valence-corrected chi connectivity index (χ0v) is 15.3. The van der Waals surface area contributed by atoms with Crippen LogP contribution in [0.15, 0.2) is 53.7 Å². The summed E-state index contributed by atoms with van der Waals surface area (Å²) in [6, 6.07) is 14.0. The summed E-state index contributed by atoms with van der Waals surface area (Å²) in [5.41, 5.74) is 2.69. The average Bonchev–Trinajstić information content (AvgIpc) is 3.01. The smallest absolute Gasteiger partial charge is 0.234 e. The van der Waals surface area contributed by atoms with Crippen LogP contribution in [0.4, 0.5) is 10.1 Å².